The summed E-state index contributed by atoms with van der Waals surface area (Å²) in [5, 5.41) is 5.74. The molecule has 0 atom stereocenters. The van der Waals surface area contributed by atoms with Crippen molar-refractivity contribution >= 4 is 17.5 Å². The third-order valence-corrected chi connectivity index (χ3v) is 4.33. The van der Waals surface area contributed by atoms with Gasteiger partial charge < -0.3 is 15.5 Å². The maximum Gasteiger partial charge on any atom is 0.319 e. The van der Waals surface area contributed by atoms with Crippen LogP contribution in [-0.2, 0) is 0 Å². The van der Waals surface area contributed by atoms with Crippen molar-refractivity contribution in [2.45, 2.75) is 33.1 Å². The van der Waals surface area contributed by atoms with Gasteiger partial charge in [0.1, 0.15) is 0 Å². The molecule has 0 spiro atoms. The quantitative estimate of drug-likeness (QED) is 0.792. The van der Waals surface area contributed by atoms with Crippen molar-refractivity contribution in [2.24, 2.45) is 5.92 Å². The van der Waals surface area contributed by atoms with Gasteiger partial charge in [-0.05, 0) is 63.9 Å². The summed E-state index contributed by atoms with van der Waals surface area (Å²) in [6, 6.07) is 6.80. The lowest BCUT2D eigenvalue weighted by molar-refractivity contribution is 0.101. The predicted molar refractivity (Wildman–Crippen MR) is 92.9 cm³/mol. The normalized spacial score (nSPS) is 16.1. The van der Waals surface area contributed by atoms with Crippen LogP contribution in [-0.4, -0.2) is 42.9 Å². The van der Waals surface area contributed by atoms with E-state index in [0.29, 0.717) is 23.7 Å². The molecule has 0 bridgehead atoms. The molecule has 0 unspecified atom stereocenters. The van der Waals surface area contributed by atoms with Gasteiger partial charge in [0.05, 0.1) is 0 Å². The van der Waals surface area contributed by atoms with Gasteiger partial charge in [0.25, 0.3) is 0 Å². The van der Waals surface area contributed by atoms with Gasteiger partial charge in [-0.1, -0.05) is 19.1 Å². The molecule has 1 saturated heterocycles. The third kappa shape index (κ3) is 5.67. The number of ketones is 1. The number of likely N-dealkylation sites (tertiary alicyclic amines) is 1. The number of amides is 2. The van der Waals surface area contributed by atoms with Crippen LogP contribution in [0.5, 0.6) is 0 Å². The molecule has 1 aromatic carbocycles. The van der Waals surface area contributed by atoms with E-state index in [-0.39, 0.29) is 11.8 Å². The van der Waals surface area contributed by atoms with Crippen LogP contribution >= 0.6 is 0 Å². The number of carbonyl (C=O) groups is 2. The second-order valence-electron chi connectivity index (χ2n) is 6.26. The molecule has 0 aromatic heterocycles. The molecule has 23 heavy (non-hydrogen) atoms. The molecule has 1 aliphatic rings. The minimum absolute atomic E-state index is 0.00658. The van der Waals surface area contributed by atoms with E-state index in [0.717, 1.165) is 25.9 Å². The highest BCUT2D eigenvalue weighted by atomic mass is 16.2. The minimum atomic E-state index is -0.207. The third-order valence-electron chi connectivity index (χ3n) is 4.33. The first-order valence-electron chi connectivity index (χ1n) is 8.46. The Morgan fingerprint density at radius 3 is 2.65 bits per heavy atom. The van der Waals surface area contributed by atoms with Crippen molar-refractivity contribution in [2.75, 3.05) is 31.5 Å². The number of piperidine rings is 1. The van der Waals surface area contributed by atoms with E-state index in [1.54, 1.807) is 24.3 Å². The minimum Gasteiger partial charge on any atom is -0.338 e. The van der Waals surface area contributed by atoms with Crippen LogP contribution < -0.4 is 10.6 Å². The number of hydrogen-bond acceptors (Lipinski definition) is 3. The fourth-order valence-corrected chi connectivity index (χ4v) is 2.96. The Labute approximate surface area is 138 Å². The molecule has 0 radical (unpaired) electrons. The van der Waals surface area contributed by atoms with Gasteiger partial charge in [-0.3, -0.25) is 4.79 Å². The van der Waals surface area contributed by atoms with Crippen LogP contribution in [0.1, 0.15) is 43.5 Å². The monoisotopic (exact) mass is 317 g/mol. The van der Waals surface area contributed by atoms with Crippen molar-refractivity contribution in [3.8, 4) is 0 Å². The Morgan fingerprint density at radius 1 is 1.26 bits per heavy atom. The van der Waals surface area contributed by atoms with Gasteiger partial charge in [0.2, 0.25) is 0 Å². The second kappa shape index (κ2) is 8.67. The Kier molecular flexibility index (Phi) is 6.59. The summed E-state index contributed by atoms with van der Waals surface area (Å²) in [7, 11) is 0. The van der Waals surface area contributed by atoms with Crippen molar-refractivity contribution in [3.05, 3.63) is 29.8 Å². The number of nitrogens with zero attached hydrogens (tertiary/aromatic N) is 1. The number of urea groups is 1. The highest BCUT2D eigenvalue weighted by Crippen LogP contribution is 2.16. The van der Waals surface area contributed by atoms with Crippen LogP contribution in [0.15, 0.2) is 24.3 Å². The average Bonchev–Trinajstić information content (AvgIpc) is 2.55. The maximum absolute atomic E-state index is 12.0. The zero-order chi connectivity index (χ0) is 16.7. The standard InChI is InChI=1S/C18H27N3O2/c1-3-9-21-10-7-15(8-11-21)13-19-18(23)20-17-6-4-5-16(12-17)14(2)22/h4-6,12,15H,3,7-11,13H2,1-2H3,(H2,19,20,23). The Morgan fingerprint density at radius 2 is 2.00 bits per heavy atom. The van der Waals surface area contributed by atoms with E-state index in [2.05, 4.69) is 22.5 Å². The predicted octanol–water partition coefficient (Wildman–Crippen LogP) is 3.13. The average molecular weight is 317 g/mol. The first kappa shape index (κ1) is 17.5. The summed E-state index contributed by atoms with van der Waals surface area (Å²) < 4.78 is 0. The summed E-state index contributed by atoms with van der Waals surface area (Å²) in [5.41, 5.74) is 1.25. The SMILES string of the molecule is CCCN1CCC(CNC(=O)Nc2cccc(C(C)=O)c2)CC1. The number of carbonyl (C=O) groups excluding carboxylic acids is 2. The zero-order valence-electron chi connectivity index (χ0n) is 14.1. The second-order valence-corrected chi connectivity index (χ2v) is 6.26. The fourth-order valence-electron chi connectivity index (χ4n) is 2.96. The Bertz CT molecular complexity index is 537. The molecule has 0 saturated carbocycles. The van der Waals surface area contributed by atoms with Crippen LogP contribution in [0.2, 0.25) is 0 Å². The molecular formula is C18H27N3O2. The van der Waals surface area contributed by atoms with E-state index in [1.807, 2.05) is 0 Å². The summed E-state index contributed by atoms with van der Waals surface area (Å²) in [5.74, 6) is 0.547. The Hall–Kier alpha value is -1.88. The van der Waals surface area contributed by atoms with Crippen molar-refractivity contribution < 1.29 is 9.59 Å². The first-order chi connectivity index (χ1) is 11.1. The zero-order valence-corrected chi connectivity index (χ0v) is 14.1. The molecule has 1 heterocycles. The summed E-state index contributed by atoms with van der Waals surface area (Å²) in [4.78, 5) is 25.8. The smallest absolute Gasteiger partial charge is 0.319 e. The highest BCUT2D eigenvalue weighted by molar-refractivity contribution is 5.96. The van der Waals surface area contributed by atoms with E-state index < -0.39 is 0 Å². The molecule has 5 heteroatoms. The lowest BCUT2D eigenvalue weighted by Gasteiger charge is -2.31. The van der Waals surface area contributed by atoms with Crippen LogP contribution in [0.4, 0.5) is 10.5 Å². The molecule has 2 amide bonds. The molecule has 1 aliphatic heterocycles. The van der Waals surface area contributed by atoms with E-state index in [1.165, 1.54) is 19.9 Å². The Balaban J connectivity index is 1.73. The van der Waals surface area contributed by atoms with Gasteiger partial charge in [-0.2, -0.15) is 0 Å². The van der Waals surface area contributed by atoms with Crippen LogP contribution in [0.3, 0.4) is 0 Å². The van der Waals surface area contributed by atoms with Gasteiger partial charge in [0, 0.05) is 17.8 Å². The molecule has 2 rings (SSSR count). The summed E-state index contributed by atoms with van der Waals surface area (Å²) >= 11 is 0. The fraction of sp³-hybridized carbons (Fsp3) is 0.556. The number of rotatable bonds is 6. The van der Waals surface area contributed by atoms with Crippen LogP contribution in [0, 0.1) is 5.92 Å². The number of Topliss-reactive ketones (excluding diaryl/α,β-unsaturated/α-hetero) is 1. The number of hydrogen-bond donors (Lipinski definition) is 2. The molecule has 1 fully saturated rings. The van der Waals surface area contributed by atoms with Crippen molar-refractivity contribution in [3.63, 3.8) is 0 Å². The van der Waals surface area contributed by atoms with Crippen molar-refractivity contribution in [1.29, 1.82) is 0 Å². The van der Waals surface area contributed by atoms with Crippen molar-refractivity contribution in [1.82, 2.24) is 10.2 Å². The molecule has 1 aromatic rings. The van der Waals surface area contributed by atoms with E-state index in [9.17, 15) is 9.59 Å². The van der Waals surface area contributed by atoms with E-state index >= 15 is 0 Å². The summed E-state index contributed by atoms with van der Waals surface area (Å²) in [6.07, 6.45) is 3.48. The van der Waals surface area contributed by atoms with Crippen LogP contribution in [0.25, 0.3) is 0 Å². The molecule has 0 aliphatic carbocycles. The number of nitrogens with one attached hydrogen (secondary N) is 2. The van der Waals surface area contributed by atoms with Gasteiger partial charge in [-0.25, -0.2) is 4.79 Å². The van der Waals surface area contributed by atoms with Gasteiger partial charge >= 0.3 is 6.03 Å². The molecule has 5 nitrogen and oxygen atoms in total. The highest BCUT2D eigenvalue weighted by Gasteiger charge is 2.18. The largest absolute Gasteiger partial charge is 0.338 e. The summed E-state index contributed by atoms with van der Waals surface area (Å²) in [6.45, 7) is 7.86. The molecule has 2 N–H and O–H groups in total. The molecule has 126 valence electrons. The van der Waals surface area contributed by atoms with E-state index in [4.69, 9.17) is 0 Å². The number of benzene rings is 1. The molecular weight excluding hydrogens is 290 g/mol. The van der Waals surface area contributed by atoms with Gasteiger partial charge in [-0.15, -0.1) is 0 Å². The first-order valence-corrected chi connectivity index (χ1v) is 8.46. The lowest BCUT2D eigenvalue weighted by Crippen LogP contribution is -2.40. The lowest BCUT2D eigenvalue weighted by atomic mass is 9.97. The maximum atomic E-state index is 12.0. The van der Waals surface area contributed by atoms with Gasteiger partial charge in [0.15, 0.2) is 5.78 Å². The number of anilines is 1. The topological polar surface area (TPSA) is 61.4 Å².